The second kappa shape index (κ2) is 7.78. The lowest BCUT2D eigenvalue weighted by Crippen LogP contribution is -2.46. The summed E-state index contributed by atoms with van der Waals surface area (Å²) in [4.78, 5) is 25.3. The number of aryl methyl sites for hydroxylation is 1. The number of fused-ring (bicyclic) bond motifs is 1. The van der Waals surface area contributed by atoms with Crippen LogP contribution in [0.3, 0.4) is 0 Å². The fourth-order valence-electron chi connectivity index (χ4n) is 3.88. The Bertz CT molecular complexity index is 851. The van der Waals surface area contributed by atoms with Crippen molar-refractivity contribution in [3.8, 4) is 0 Å². The minimum atomic E-state index is -1.32. The van der Waals surface area contributed by atoms with Gasteiger partial charge in [0.1, 0.15) is 0 Å². The van der Waals surface area contributed by atoms with Crippen LogP contribution in [0.2, 0.25) is 0 Å². The van der Waals surface area contributed by atoms with Gasteiger partial charge in [-0.15, -0.1) is 0 Å². The first kappa shape index (κ1) is 18.9. The summed E-state index contributed by atoms with van der Waals surface area (Å²) < 4.78 is 10.0. The summed E-state index contributed by atoms with van der Waals surface area (Å²) in [5.74, 6) is -1.17. The monoisotopic (exact) mass is 364 g/mol. The normalized spacial score (nSPS) is 18.0. The maximum Gasteiger partial charge on any atom is 0.323 e. The maximum atomic E-state index is 12.7. The van der Waals surface area contributed by atoms with E-state index in [0.717, 1.165) is 22.3 Å². The molecule has 0 heterocycles. The smallest absolute Gasteiger partial charge is 0.323 e. The Morgan fingerprint density at radius 1 is 1.04 bits per heavy atom. The molecule has 140 valence electrons. The molecular weight excluding hydrogens is 340 g/mol. The number of ether oxygens (including phenoxy) is 2. The molecule has 0 saturated heterocycles. The molecule has 1 aliphatic rings. The van der Waals surface area contributed by atoms with Crippen molar-refractivity contribution >= 4 is 18.0 Å². The summed E-state index contributed by atoms with van der Waals surface area (Å²) >= 11 is 0. The lowest BCUT2D eigenvalue weighted by Gasteiger charge is -2.37. The standard InChI is InChI=1S/C23H24O4/c1-16-9-12-20-18(11-10-17-7-5-4-6-8-17)14-23(21(24)26-2,22(25)27-3)15-19(20)13-16/h4-13,18H,14-15H2,1-3H3/b11-10+. The van der Waals surface area contributed by atoms with Gasteiger partial charge >= 0.3 is 11.9 Å². The van der Waals surface area contributed by atoms with Crippen molar-refractivity contribution in [2.75, 3.05) is 14.2 Å². The Morgan fingerprint density at radius 2 is 1.70 bits per heavy atom. The van der Waals surface area contributed by atoms with E-state index in [-0.39, 0.29) is 5.92 Å². The van der Waals surface area contributed by atoms with Gasteiger partial charge in [-0.25, -0.2) is 0 Å². The van der Waals surface area contributed by atoms with Crippen LogP contribution >= 0.6 is 0 Å². The van der Waals surface area contributed by atoms with E-state index in [1.165, 1.54) is 14.2 Å². The van der Waals surface area contributed by atoms with E-state index >= 15 is 0 Å². The average molecular weight is 364 g/mol. The zero-order valence-electron chi connectivity index (χ0n) is 15.9. The summed E-state index contributed by atoms with van der Waals surface area (Å²) in [5.41, 5.74) is 2.95. The highest BCUT2D eigenvalue weighted by Gasteiger charge is 2.52. The third-order valence-electron chi connectivity index (χ3n) is 5.23. The third-order valence-corrected chi connectivity index (χ3v) is 5.23. The molecule has 0 fully saturated rings. The molecule has 0 spiro atoms. The van der Waals surface area contributed by atoms with Crippen LogP contribution in [0.1, 0.15) is 34.6 Å². The number of rotatable bonds is 4. The molecule has 0 aromatic heterocycles. The molecule has 1 aliphatic carbocycles. The van der Waals surface area contributed by atoms with E-state index in [4.69, 9.17) is 9.47 Å². The van der Waals surface area contributed by atoms with Crippen LogP contribution in [-0.2, 0) is 25.5 Å². The Hall–Kier alpha value is -2.88. The van der Waals surface area contributed by atoms with Gasteiger partial charge in [-0.05, 0) is 36.5 Å². The van der Waals surface area contributed by atoms with Crippen LogP contribution in [0.5, 0.6) is 0 Å². The molecule has 0 aliphatic heterocycles. The van der Waals surface area contributed by atoms with Crippen molar-refractivity contribution in [2.24, 2.45) is 5.41 Å². The first-order valence-corrected chi connectivity index (χ1v) is 8.99. The van der Waals surface area contributed by atoms with Crippen molar-refractivity contribution in [3.05, 3.63) is 76.9 Å². The third kappa shape index (κ3) is 3.65. The first-order chi connectivity index (χ1) is 13.0. The maximum absolute atomic E-state index is 12.7. The number of esters is 2. The molecule has 3 rings (SSSR count). The molecule has 4 nitrogen and oxygen atoms in total. The number of carbonyl (C=O) groups excluding carboxylic acids is 2. The Kier molecular flexibility index (Phi) is 5.45. The van der Waals surface area contributed by atoms with Gasteiger partial charge in [-0.3, -0.25) is 9.59 Å². The van der Waals surface area contributed by atoms with Gasteiger partial charge in [0.25, 0.3) is 0 Å². The van der Waals surface area contributed by atoms with Crippen LogP contribution in [0.15, 0.2) is 54.6 Å². The van der Waals surface area contributed by atoms with Crippen molar-refractivity contribution in [3.63, 3.8) is 0 Å². The van der Waals surface area contributed by atoms with Crippen LogP contribution in [0.4, 0.5) is 0 Å². The first-order valence-electron chi connectivity index (χ1n) is 8.99. The summed E-state index contributed by atoms with van der Waals surface area (Å²) in [6.07, 6.45) is 4.70. The minimum absolute atomic E-state index is 0.0900. The summed E-state index contributed by atoms with van der Waals surface area (Å²) in [7, 11) is 2.63. The molecule has 2 aromatic carbocycles. The zero-order valence-corrected chi connectivity index (χ0v) is 15.9. The molecule has 0 N–H and O–H groups in total. The largest absolute Gasteiger partial charge is 0.468 e. The number of carbonyl (C=O) groups is 2. The fraction of sp³-hybridized carbons (Fsp3) is 0.304. The quantitative estimate of drug-likeness (QED) is 0.606. The highest BCUT2D eigenvalue weighted by atomic mass is 16.5. The zero-order chi connectivity index (χ0) is 19.4. The van der Waals surface area contributed by atoms with Gasteiger partial charge in [0, 0.05) is 5.92 Å². The van der Waals surface area contributed by atoms with Gasteiger partial charge in [0.15, 0.2) is 5.41 Å². The van der Waals surface area contributed by atoms with Crippen LogP contribution < -0.4 is 0 Å². The van der Waals surface area contributed by atoms with E-state index < -0.39 is 17.4 Å². The number of hydrogen-bond acceptors (Lipinski definition) is 4. The average Bonchev–Trinajstić information content (AvgIpc) is 2.70. The van der Waals surface area contributed by atoms with Gasteiger partial charge in [-0.1, -0.05) is 66.2 Å². The fourth-order valence-corrected chi connectivity index (χ4v) is 3.88. The lowest BCUT2D eigenvalue weighted by molar-refractivity contribution is -0.170. The molecule has 0 radical (unpaired) electrons. The molecule has 0 amide bonds. The van der Waals surface area contributed by atoms with Crippen molar-refractivity contribution in [2.45, 2.75) is 25.7 Å². The lowest BCUT2D eigenvalue weighted by atomic mass is 9.66. The second-order valence-corrected chi connectivity index (χ2v) is 7.02. The Morgan fingerprint density at radius 3 is 2.33 bits per heavy atom. The van der Waals surface area contributed by atoms with Crippen LogP contribution in [-0.4, -0.2) is 26.2 Å². The number of hydrogen-bond donors (Lipinski definition) is 0. The molecular formula is C23H24O4. The van der Waals surface area contributed by atoms with Crippen molar-refractivity contribution < 1.29 is 19.1 Å². The van der Waals surface area contributed by atoms with Crippen molar-refractivity contribution in [1.29, 1.82) is 0 Å². The second-order valence-electron chi connectivity index (χ2n) is 7.02. The molecule has 2 aromatic rings. The van der Waals surface area contributed by atoms with E-state index in [2.05, 4.69) is 18.2 Å². The summed E-state index contributed by atoms with van der Waals surface area (Å²) in [6.45, 7) is 2.00. The number of benzene rings is 2. The van der Waals surface area contributed by atoms with Gasteiger partial charge in [-0.2, -0.15) is 0 Å². The molecule has 27 heavy (non-hydrogen) atoms. The number of allylic oxidation sites excluding steroid dienone is 1. The minimum Gasteiger partial charge on any atom is -0.468 e. The SMILES string of the molecule is COC(=O)C1(C(=O)OC)Cc2cc(C)ccc2C(/C=C/c2ccccc2)C1. The van der Waals surface area contributed by atoms with E-state index in [1.807, 2.05) is 49.4 Å². The molecule has 0 saturated carbocycles. The van der Waals surface area contributed by atoms with Gasteiger partial charge in [0.05, 0.1) is 14.2 Å². The Labute approximate surface area is 159 Å². The van der Waals surface area contributed by atoms with Crippen LogP contribution in [0.25, 0.3) is 6.08 Å². The highest BCUT2D eigenvalue weighted by Crippen LogP contribution is 2.45. The van der Waals surface area contributed by atoms with E-state index in [0.29, 0.717) is 12.8 Å². The predicted molar refractivity (Wildman–Crippen MR) is 104 cm³/mol. The molecule has 1 atom stereocenters. The Balaban J connectivity index is 2.07. The number of methoxy groups -OCH3 is 2. The molecule has 4 heteroatoms. The highest BCUT2D eigenvalue weighted by molar-refractivity contribution is 6.01. The molecule has 1 unspecified atom stereocenters. The molecule has 0 bridgehead atoms. The van der Waals surface area contributed by atoms with Gasteiger partial charge < -0.3 is 9.47 Å². The van der Waals surface area contributed by atoms with E-state index in [9.17, 15) is 9.59 Å². The summed E-state index contributed by atoms with van der Waals surface area (Å²) in [5, 5.41) is 0. The van der Waals surface area contributed by atoms with E-state index in [1.54, 1.807) is 0 Å². The summed E-state index contributed by atoms with van der Waals surface area (Å²) in [6, 6.07) is 16.1. The predicted octanol–water partition coefficient (Wildman–Crippen LogP) is 4.07. The topological polar surface area (TPSA) is 52.6 Å². The van der Waals surface area contributed by atoms with Crippen LogP contribution in [0, 0.1) is 12.3 Å². The van der Waals surface area contributed by atoms with Crippen molar-refractivity contribution in [1.82, 2.24) is 0 Å². The van der Waals surface area contributed by atoms with Gasteiger partial charge in [0.2, 0.25) is 0 Å².